The van der Waals surface area contributed by atoms with Gasteiger partial charge < -0.3 is 20.1 Å². The van der Waals surface area contributed by atoms with Gasteiger partial charge >= 0.3 is 5.97 Å². The molecule has 0 bridgehead atoms. The van der Waals surface area contributed by atoms with Crippen LogP contribution in [-0.4, -0.2) is 65.2 Å². The van der Waals surface area contributed by atoms with Crippen LogP contribution in [0.25, 0.3) is 0 Å². The third kappa shape index (κ3) is 3.33. The zero-order valence-electron chi connectivity index (χ0n) is 13.7. The van der Waals surface area contributed by atoms with Crippen molar-refractivity contribution >= 4 is 17.7 Å². The summed E-state index contributed by atoms with van der Waals surface area (Å²) >= 11 is 0. The lowest BCUT2D eigenvalue weighted by atomic mass is 10.1. The number of ether oxygens (including phenoxy) is 1. The van der Waals surface area contributed by atoms with Crippen LogP contribution in [0.15, 0.2) is 12.4 Å². The highest BCUT2D eigenvalue weighted by Gasteiger charge is 2.58. The first kappa shape index (κ1) is 16.6. The number of nitrogens with one attached hydrogen (secondary N) is 1. The van der Waals surface area contributed by atoms with Gasteiger partial charge in [0.25, 0.3) is 0 Å². The SMILES string of the molecule is CN(CCNc1cc(C2CCOC2)ncn1)C(=O)C1(C(=O)O)CC1. The van der Waals surface area contributed by atoms with Gasteiger partial charge in [0, 0.05) is 38.7 Å². The van der Waals surface area contributed by atoms with Gasteiger partial charge in [-0.25, -0.2) is 9.97 Å². The number of carbonyl (C=O) groups excluding carboxylic acids is 1. The molecule has 8 nitrogen and oxygen atoms in total. The number of likely N-dealkylation sites (N-methyl/N-ethyl adjacent to an activating group) is 1. The fourth-order valence-electron chi connectivity index (χ4n) is 2.92. The van der Waals surface area contributed by atoms with Crippen LogP contribution in [0.1, 0.15) is 30.9 Å². The third-order valence-electron chi connectivity index (χ3n) is 4.70. The third-order valence-corrected chi connectivity index (χ3v) is 4.70. The van der Waals surface area contributed by atoms with Crippen LogP contribution in [-0.2, 0) is 14.3 Å². The van der Waals surface area contributed by atoms with E-state index in [1.165, 1.54) is 11.2 Å². The summed E-state index contributed by atoms with van der Waals surface area (Å²) in [6, 6.07) is 1.90. The molecule has 3 rings (SSSR count). The lowest BCUT2D eigenvalue weighted by molar-refractivity contribution is -0.152. The van der Waals surface area contributed by atoms with E-state index >= 15 is 0 Å². The van der Waals surface area contributed by atoms with Crippen molar-refractivity contribution in [2.45, 2.75) is 25.2 Å². The molecule has 1 unspecified atom stereocenters. The minimum atomic E-state index is -1.18. The van der Waals surface area contributed by atoms with Crippen LogP contribution in [0.3, 0.4) is 0 Å². The maximum Gasteiger partial charge on any atom is 0.319 e. The molecule has 1 saturated heterocycles. The second-order valence-corrected chi connectivity index (χ2v) is 6.43. The van der Waals surface area contributed by atoms with Crippen molar-refractivity contribution in [1.82, 2.24) is 14.9 Å². The van der Waals surface area contributed by atoms with Crippen LogP contribution in [0.5, 0.6) is 0 Å². The van der Waals surface area contributed by atoms with Gasteiger partial charge in [0.2, 0.25) is 5.91 Å². The molecule has 1 aliphatic carbocycles. The molecule has 1 aromatic rings. The second kappa shape index (κ2) is 6.72. The molecule has 1 aliphatic heterocycles. The zero-order valence-corrected chi connectivity index (χ0v) is 13.7. The Morgan fingerprint density at radius 1 is 1.46 bits per heavy atom. The Balaban J connectivity index is 1.50. The monoisotopic (exact) mass is 334 g/mol. The Bertz CT molecular complexity index is 626. The molecule has 2 N–H and O–H groups in total. The van der Waals surface area contributed by atoms with Crippen LogP contribution in [0.4, 0.5) is 5.82 Å². The number of hydrogen-bond acceptors (Lipinski definition) is 6. The van der Waals surface area contributed by atoms with E-state index in [1.807, 2.05) is 6.07 Å². The molecule has 1 atom stereocenters. The van der Waals surface area contributed by atoms with Gasteiger partial charge in [-0.1, -0.05) is 0 Å². The number of hydrogen-bond donors (Lipinski definition) is 2. The molecule has 2 aliphatic rings. The molecular weight excluding hydrogens is 312 g/mol. The van der Waals surface area contributed by atoms with Gasteiger partial charge in [0.05, 0.1) is 12.3 Å². The quantitative estimate of drug-likeness (QED) is 0.708. The topological polar surface area (TPSA) is 105 Å². The minimum absolute atomic E-state index is 0.308. The fourth-order valence-corrected chi connectivity index (χ4v) is 2.92. The number of anilines is 1. The van der Waals surface area contributed by atoms with Gasteiger partial charge in [-0.05, 0) is 19.3 Å². The highest BCUT2D eigenvalue weighted by molar-refractivity contribution is 6.04. The van der Waals surface area contributed by atoms with E-state index in [0.29, 0.717) is 44.3 Å². The van der Waals surface area contributed by atoms with Crippen LogP contribution in [0, 0.1) is 5.41 Å². The average molecular weight is 334 g/mol. The average Bonchev–Trinajstić information content (AvgIpc) is 3.21. The highest BCUT2D eigenvalue weighted by Crippen LogP contribution is 2.47. The first-order valence-electron chi connectivity index (χ1n) is 8.15. The van der Waals surface area contributed by atoms with Gasteiger partial charge in [0.1, 0.15) is 17.6 Å². The molecule has 2 heterocycles. The Kier molecular flexibility index (Phi) is 4.66. The molecule has 0 radical (unpaired) electrons. The number of carboxylic acids is 1. The number of aromatic nitrogens is 2. The fraction of sp³-hybridized carbons (Fsp3) is 0.625. The van der Waals surface area contributed by atoms with E-state index in [4.69, 9.17) is 4.74 Å². The van der Waals surface area contributed by atoms with E-state index in [0.717, 1.165) is 18.7 Å². The van der Waals surface area contributed by atoms with Crippen molar-refractivity contribution in [2.24, 2.45) is 5.41 Å². The van der Waals surface area contributed by atoms with E-state index in [9.17, 15) is 14.7 Å². The first-order chi connectivity index (χ1) is 11.5. The number of nitrogens with zero attached hydrogens (tertiary/aromatic N) is 3. The Morgan fingerprint density at radius 2 is 2.25 bits per heavy atom. The molecule has 8 heteroatoms. The molecule has 0 aromatic carbocycles. The molecule has 1 amide bonds. The number of amides is 1. The Morgan fingerprint density at radius 3 is 2.88 bits per heavy atom. The minimum Gasteiger partial charge on any atom is -0.480 e. The summed E-state index contributed by atoms with van der Waals surface area (Å²) in [5, 5.41) is 12.3. The summed E-state index contributed by atoms with van der Waals surface area (Å²) in [6.45, 7) is 2.36. The number of carbonyl (C=O) groups is 2. The van der Waals surface area contributed by atoms with Crippen molar-refractivity contribution in [3.63, 3.8) is 0 Å². The van der Waals surface area contributed by atoms with E-state index in [-0.39, 0.29) is 5.91 Å². The van der Waals surface area contributed by atoms with E-state index in [2.05, 4.69) is 15.3 Å². The maximum absolute atomic E-state index is 12.2. The van der Waals surface area contributed by atoms with Crippen molar-refractivity contribution < 1.29 is 19.4 Å². The first-order valence-corrected chi connectivity index (χ1v) is 8.15. The molecule has 0 spiro atoms. The highest BCUT2D eigenvalue weighted by atomic mass is 16.5. The van der Waals surface area contributed by atoms with Crippen molar-refractivity contribution in [3.8, 4) is 0 Å². The molecule has 1 aromatic heterocycles. The molecule has 130 valence electrons. The summed E-state index contributed by atoms with van der Waals surface area (Å²) in [7, 11) is 1.63. The predicted octanol–water partition coefficient (Wildman–Crippen LogP) is 0.716. The standard InChI is InChI=1S/C16H22N4O4/c1-20(14(21)16(3-4-16)15(22)23)6-5-17-13-8-12(18-10-19-13)11-2-7-24-9-11/h8,10-11H,2-7,9H2,1H3,(H,22,23)(H,17,18,19). The summed E-state index contributed by atoms with van der Waals surface area (Å²) < 4.78 is 5.37. The van der Waals surface area contributed by atoms with Gasteiger partial charge in [-0.3, -0.25) is 9.59 Å². The van der Waals surface area contributed by atoms with E-state index < -0.39 is 11.4 Å². The zero-order chi connectivity index (χ0) is 17.2. The number of carboxylic acid groups (broad SMARTS) is 1. The van der Waals surface area contributed by atoms with Gasteiger partial charge in [0.15, 0.2) is 0 Å². The second-order valence-electron chi connectivity index (χ2n) is 6.43. The van der Waals surface area contributed by atoms with Crippen LogP contribution in [0.2, 0.25) is 0 Å². The van der Waals surface area contributed by atoms with Crippen molar-refractivity contribution in [3.05, 3.63) is 18.1 Å². The largest absolute Gasteiger partial charge is 0.480 e. The summed E-state index contributed by atoms with van der Waals surface area (Å²) in [4.78, 5) is 33.4. The van der Waals surface area contributed by atoms with E-state index in [1.54, 1.807) is 7.05 Å². The van der Waals surface area contributed by atoms with Gasteiger partial charge in [-0.15, -0.1) is 0 Å². The maximum atomic E-state index is 12.2. The van der Waals surface area contributed by atoms with Crippen molar-refractivity contribution in [2.75, 3.05) is 38.7 Å². The summed E-state index contributed by atoms with van der Waals surface area (Å²) in [5.41, 5.74) is -0.225. The molecule has 1 saturated carbocycles. The molecular formula is C16H22N4O4. The van der Waals surface area contributed by atoms with Crippen LogP contribution < -0.4 is 5.32 Å². The predicted molar refractivity (Wildman–Crippen MR) is 85.6 cm³/mol. The van der Waals surface area contributed by atoms with Gasteiger partial charge in [-0.2, -0.15) is 0 Å². The molecule has 24 heavy (non-hydrogen) atoms. The smallest absolute Gasteiger partial charge is 0.319 e. The molecule has 2 fully saturated rings. The summed E-state index contributed by atoms with van der Waals surface area (Å²) in [6.07, 6.45) is 3.34. The number of rotatable bonds is 7. The number of aliphatic carboxylic acids is 1. The lowest BCUT2D eigenvalue weighted by Crippen LogP contribution is -2.40. The lowest BCUT2D eigenvalue weighted by Gasteiger charge is -2.21. The normalized spacial score (nSPS) is 21.3. The van der Waals surface area contributed by atoms with Crippen molar-refractivity contribution in [1.29, 1.82) is 0 Å². The van der Waals surface area contributed by atoms with Crippen LogP contribution >= 0.6 is 0 Å². The summed E-state index contributed by atoms with van der Waals surface area (Å²) in [5.74, 6) is -0.329. The Labute approximate surface area is 140 Å². The Hall–Kier alpha value is -2.22.